The zero-order valence-corrected chi connectivity index (χ0v) is 10.8. The van der Waals surface area contributed by atoms with Crippen molar-refractivity contribution < 1.29 is 8.78 Å². The van der Waals surface area contributed by atoms with Crippen LogP contribution in [0.2, 0.25) is 0 Å². The molecule has 94 valence electrons. The van der Waals surface area contributed by atoms with E-state index >= 15 is 0 Å². The van der Waals surface area contributed by atoms with E-state index in [1.54, 1.807) is 12.1 Å². The van der Waals surface area contributed by atoms with Crippen LogP contribution in [0.4, 0.5) is 8.78 Å². The van der Waals surface area contributed by atoms with E-state index in [2.05, 4.69) is 0 Å². The van der Waals surface area contributed by atoms with Crippen LogP contribution in [0.1, 0.15) is 30.9 Å². The molecule has 0 unspecified atom stereocenters. The van der Waals surface area contributed by atoms with E-state index in [1.807, 2.05) is 45.0 Å². The summed E-state index contributed by atoms with van der Waals surface area (Å²) in [5, 5.41) is 0. The molecule has 0 saturated carbocycles. The molecule has 0 saturated heterocycles. The summed E-state index contributed by atoms with van der Waals surface area (Å²) in [4.78, 5) is 0. The van der Waals surface area contributed by atoms with Crippen molar-refractivity contribution in [2.45, 2.75) is 26.7 Å². The van der Waals surface area contributed by atoms with Crippen molar-refractivity contribution in [3.63, 3.8) is 0 Å². The summed E-state index contributed by atoms with van der Waals surface area (Å²) in [6.45, 7) is 5.66. The standard InChI is InChI=1S/C16H16F2/c1-10(2)13-8-9-14(16(18)15(13)17)12-6-4-11(3)5-7-12/h4-10H,1-3H3. The Hall–Kier alpha value is -1.70. The molecule has 18 heavy (non-hydrogen) atoms. The summed E-state index contributed by atoms with van der Waals surface area (Å²) in [5.74, 6) is -1.51. The predicted octanol–water partition coefficient (Wildman–Crippen LogP) is 5.06. The van der Waals surface area contributed by atoms with Crippen LogP contribution in [0.5, 0.6) is 0 Å². The second-order valence-corrected chi connectivity index (χ2v) is 4.85. The number of benzene rings is 2. The van der Waals surface area contributed by atoms with E-state index in [1.165, 1.54) is 0 Å². The van der Waals surface area contributed by atoms with E-state index in [9.17, 15) is 8.78 Å². The molecule has 0 nitrogen and oxygen atoms in total. The van der Waals surface area contributed by atoms with Crippen molar-refractivity contribution >= 4 is 0 Å². The van der Waals surface area contributed by atoms with Crippen LogP contribution < -0.4 is 0 Å². The molecule has 0 amide bonds. The first-order chi connectivity index (χ1) is 8.50. The van der Waals surface area contributed by atoms with Gasteiger partial charge >= 0.3 is 0 Å². The van der Waals surface area contributed by atoms with Gasteiger partial charge in [0, 0.05) is 5.56 Å². The third kappa shape index (κ3) is 2.28. The lowest BCUT2D eigenvalue weighted by molar-refractivity contribution is 0.496. The summed E-state index contributed by atoms with van der Waals surface area (Å²) in [5.41, 5.74) is 2.53. The number of hydrogen-bond donors (Lipinski definition) is 0. The van der Waals surface area contributed by atoms with Gasteiger partial charge in [-0.25, -0.2) is 8.78 Å². The molecule has 0 fully saturated rings. The molecule has 0 N–H and O–H groups in total. The summed E-state index contributed by atoms with van der Waals surface area (Å²) in [6.07, 6.45) is 0. The summed E-state index contributed by atoms with van der Waals surface area (Å²) < 4.78 is 27.9. The largest absolute Gasteiger partial charge is 0.203 e. The molecule has 0 radical (unpaired) electrons. The maximum Gasteiger partial charge on any atom is 0.166 e. The SMILES string of the molecule is Cc1ccc(-c2ccc(C(C)C)c(F)c2F)cc1. The fraction of sp³-hybridized carbons (Fsp3) is 0.250. The van der Waals surface area contributed by atoms with Gasteiger partial charge in [0.15, 0.2) is 11.6 Å². The van der Waals surface area contributed by atoms with Crippen molar-refractivity contribution in [1.82, 2.24) is 0 Å². The lowest BCUT2D eigenvalue weighted by Gasteiger charge is -2.11. The van der Waals surface area contributed by atoms with Crippen molar-refractivity contribution in [2.24, 2.45) is 0 Å². The van der Waals surface area contributed by atoms with Crippen LogP contribution >= 0.6 is 0 Å². The Kier molecular flexibility index (Phi) is 3.46. The third-order valence-corrected chi connectivity index (χ3v) is 3.10. The maximum absolute atomic E-state index is 14.0. The van der Waals surface area contributed by atoms with Crippen LogP contribution in [0.15, 0.2) is 36.4 Å². The predicted molar refractivity (Wildman–Crippen MR) is 70.6 cm³/mol. The molecule has 2 heteroatoms. The Morgan fingerprint density at radius 2 is 1.44 bits per heavy atom. The fourth-order valence-electron chi connectivity index (χ4n) is 1.97. The molecule has 2 aromatic carbocycles. The molecule has 0 bridgehead atoms. The summed E-state index contributed by atoms with van der Waals surface area (Å²) in [7, 11) is 0. The molecule has 2 aromatic rings. The van der Waals surface area contributed by atoms with E-state index in [0.29, 0.717) is 16.7 Å². The normalized spacial score (nSPS) is 11.0. The van der Waals surface area contributed by atoms with Gasteiger partial charge in [-0.05, 0) is 24.0 Å². The highest BCUT2D eigenvalue weighted by molar-refractivity contribution is 5.65. The van der Waals surface area contributed by atoms with Gasteiger partial charge in [0.2, 0.25) is 0 Å². The first kappa shape index (κ1) is 12.7. The molecular formula is C16H16F2. The van der Waals surface area contributed by atoms with Crippen LogP contribution in [-0.4, -0.2) is 0 Å². The topological polar surface area (TPSA) is 0 Å². The fourth-order valence-corrected chi connectivity index (χ4v) is 1.97. The number of hydrogen-bond acceptors (Lipinski definition) is 0. The van der Waals surface area contributed by atoms with Crippen molar-refractivity contribution in [3.05, 3.63) is 59.2 Å². The monoisotopic (exact) mass is 246 g/mol. The van der Waals surface area contributed by atoms with Gasteiger partial charge in [0.05, 0.1) is 0 Å². The van der Waals surface area contributed by atoms with Gasteiger partial charge in [-0.1, -0.05) is 55.8 Å². The Morgan fingerprint density at radius 3 is 2.00 bits per heavy atom. The Morgan fingerprint density at radius 1 is 0.833 bits per heavy atom. The van der Waals surface area contributed by atoms with Crippen molar-refractivity contribution in [3.8, 4) is 11.1 Å². The van der Waals surface area contributed by atoms with E-state index < -0.39 is 11.6 Å². The molecule has 2 rings (SSSR count). The van der Waals surface area contributed by atoms with E-state index in [4.69, 9.17) is 0 Å². The molecule has 0 aliphatic heterocycles. The van der Waals surface area contributed by atoms with Gasteiger partial charge in [0.25, 0.3) is 0 Å². The Labute approximate surface area is 106 Å². The minimum Gasteiger partial charge on any atom is -0.203 e. The van der Waals surface area contributed by atoms with Gasteiger partial charge < -0.3 is 0 Å². The van der Waals surface area contributed by atoms with Crippen LogP contribution in [-0.2, 0) is 0 Å². The Balaban J connectivity index is 2.53. The third-order valence-electron chi connectivity index (χ3n) is 3.10. The van der Waals surface area contributed by atoms with Crippen LogP contribution in [0.25, 0.3) is 11.1 Å². The Bertz CT molecular complexity index is 554. The number of halogens is 2. The van der Waals surface area contributed by atoms with E-state index in [0.717, 1.165) is 5.56 Å². The quantitative estimate of drug-likeness (QED) is 0.694. The average molecular weight is 246 g/mol. The first-order valence-electron chi connectivity index (χ1n) is 6.05. The second kappa shape index (κ2) is 4.89. The molecule has 0 aliphatic carbocycles. The van der Waals surface area contributed by atoms with Crippen LogP contribution in [0, 0.1) is 18.6 Å². The minimum atomic E-state index is -0.759. The molecule has 0 spiro atoms. The molecule has 0 aliphatic rings. The highest BCUT2D eigenvalue weighted by atomic mass is 19.2. The molecule has 0 aromatic heterocycles. The van der Waals surface area contributed by atoms with Gasteiger partial charge in [-0.15, -0.1) is 0 Å². The molecule has 0 heterocycles. The number of aryl methyl sites for hydroxylation is 1. The second-order valence-electron chi connectivity index (χ2n) is 4.85. The van der Waals surface area contributed by atoms with Crippen molar-refractivity contribution in [2.75, 3.05) is 0 Å². The zero-order valence-electron chi connectivity index (χ0n) is 10.8. The van der Waals surface area contributed by atoms with Gasteiger partial charge in [-0.3, -0.25) is 0 Å². The number of rotatable bonds is 2. The zero-order chi connectivity index (χ0) is 13.3. The molecular weight excluding hydrogens is 230 g/mol. The minimum absolute atomic E-state index is 0.0217. The smallest absolute Gasteiger partial charge is 0.166 e. The average Bonchev–Trinajstić information content (AvgIpc) is 2.33. The van der Waals surface area contributed by atoms with Crippen LogP contribution in [0.3, 0.4) is 0 Å². The first-order valence-corrected chi connectivity index (χ1v) is 6.05. The lowest BCUT2D eigenvalue weighted by Crippen LogP contribution is -1.98. The lowest BCUT2D eigenvalue weighted by atomic mass is 9.97. The highest BCUT2D eigenvalue weighted by Crippen LogP contribution is 2.29. The van der Waals surface area contributed by atoms with Gasteiger partial charge in [-0.2, -0.15) is 0 Å². The summed E-state index contributed by atoms with van der Waals surface area (Å²) >= 11 is 0. The molecule has 0 atom stereocenters. The highest BCUT2D eigenvalue weighted by Gasteiger charge is 2.16. The van der Waals surface area contributed by atoms with Crippen molar-refractivity contribution in [1.29, 1.82) is 0 Å². The summed E-state index contributed by atoms with van der Waals surface area (Å²) in [6, 6.07) is 10.7. The maximum atomic E-state index is 14.0. The van der Waals surface area contributed by atoms with Gasteiger partial charge in [0.1, 0.15) is 0 Å². The van der Waals surface area contributed by atoms with E-state index in [-0.39, 0.29) is 5.92 Å².